The van der Waals surface area contributed by atoms with Crippen molar-refractivity contribution in [2.75, 3.05) is 0 Å². The molecule has 2 nitrogen and oxygen atoms in total. The Hall–Kier alpha value is -2.61. The molecule has 0 spiro atoms. The van der Waals surface area contributed by atoms with Gasteiger partial charge in [0.15, 0.2) is 0 Å². The lowest BCUT2D eigenvalue weighted by molar-refractivity contribution is 0.112. The molecule has 4 rings (SSSR count). The van der Waals surface area contributed by atoms with Crippen molar-refractivity contribution < 1.29 is 4.79 Å². The van der Waals surface area contributed by atoms with E-state index in [1.54, 1.807) is 0 Å². The molecule has 21 heavy (non-hydrogen) atoms. The minimum Gasteiger partial charge on any atom is -0.341 e. The second-order valence-electron chi connectivity index (χ2n) is 5.32. The molecule has 0 amide bonds. The Bertz CT molecular complexity index is 995. The van der Waals surface area contributed by atoms with Crippen molar-refractivity contribution in [2.45, 2.75) is 13.5 Å². The lowest BCUT2D eigenvalue weighted by Crippen LogP contribution is -1.93. The van der Waals surface area contributed by atoms with Crippen LogP contribution < -0.4 is 0 Å². The van der Waals surface area contributed by atoms with E-state index in [4.69, 9.17) is 0 Å². The molecule has 0 saturated heterocycles. The fourth-order valence-electron chi connectivity index (χ4n) is 3.30. The van der Waals surface area contributed by atoms with Crippen LogP contribution in [0.2, 0.25) is 0 Å². The summed E-state index contributed by atoms with van der Waals surface area (Å²) in [5.41, 5.74) is 3.09. The van der Waals surface area contributed by atoms with E-state index in [9.17, 15) is 4.79 Å². The number of hydrogen-bond acceptors (Lipinski definition) is 1. The van der Waals surface area contributed by atoms with Gasteiger partial charge in [-0.05, 0) is 29.8 Å². The number of benzene rings is 3. The number of nitrogens with zero attached hydrogens (tertiary/aromatic N) is 1. The van der Waals surface area contributed by atoms with Crippen LogP contribution >= 0.6 is 0 Å². The molecular formula is C19H15NO. The first-order valence-electron chi connectivity index (χ1n) is 7.22. The molecule has 0 aliphatic carbocycles. The van der Waals surface area contributed by atoms with Crippen LogP contribution in [0.4, 0.5) is 0 Å². The number of aryl methyl sites for hydroxylation is 1. The van der Waals surface area contributed by atoms with Crippen LogP contribution in [0.5, 0.6) is 0 Å². The summed E-state index contributed by atoms with van der Waals surface area (Å²) in [6.45, 7) is 3.03. The average Bonchev–Trinajstić information content (AvgIpc) is 2.87. The zero-order chi connectivity index (χ0) is 14.4. The average molecular weight is 273 g/mol. The molecule has 0 fully saturated rings. The molecule has 0 bridgehead atoms. The smallest absolute Gasteiger partial charge is 0.150 e. The molecule has 0 atom stereocenters. The van der Waals surface area contributed by atoms with Gasteiger partial charge >= 0.3 is 0 Å². The van der Waals surface area contributed by atoms with Crippen LogP contribution in [0.15, 0.2) is 54.6 Å². The van der Waals surface area contributed by atoms with Gasteiger partial charge < -0.3 is 4.57 Å². The van der Waals surface area contributed by atoms with Crippen molar-refractivity contribution in [1.82, 2.24) is 4.57 Å². The van der Waals surface area contributed by atoms with Crippen molar-refractivity contribution in [2.24, 2.45) is 0 Å². The second kappa shape index (κ2) is 4.45. The number of aldehydes is 1. The number of aromatic nitrogens is 1. The van der Waals surface area contributed by atoms with E-state index in [0.717, 1.165) is 23.9 Å². The molecule has 0 radical (unpaired) electrons. The predicted molar refractivity (Wildman–Crippen MR) is 88.0 cm³/mol. The summed E-state index contributed by atoms with van der Waals surface area (Å²) in [5, 5.41) is 5.02. The number of fused-ring (bicyclic) bond motifs is 5. The molecule has 0 unspecified atom stereocenters. The van der Waals surface area contributed by atoms with Gasteiger partial charge in [-0.25, -0.2) is 0 Å². The largest absolute Gasteiger partial charge is 0.341 e. The lowest BCUT2D eigenvalue weighted by atomic mass is 10.0. The maximum atomic E-state index is 11.1. The Labute approximate surface area is 122 Å². The zero-order valence-electron chi connectivity index (χ0n) is 11.8. The zero-order valence-corrected chi connectivity index (χ0v) is 11.8. The summed E-state index contributed by atoms with van der Waals surface area (Å²) in [6.07, 6.45) is 0.912. The first-order valence-corrected chi connectivity index (χ1v) is 7.22. The Kier molecular flexibility index (Phi) is 2.58. The van der Waals surface area contributed by atoms with Crippen LogP contribution in [-0.4, -0.2) is 10.9 Å². The number of hydrogen-bond donors (Lipinski definition) is 0. The van der Waals surface area contributed by atoms with Gasteiger partial charge in [0.25, 0.3) is 0 Å². The third kappa shape index (κ3) is 1.62. The monoisotopic (exact) mass is 273 g/mol. The van der Waals surface area contributed by atoms with Gasteiger partial charge in [-0.1, -0.05) is 42.5 Å². The Morgan fingerprint density at radius 3 is 2.62 bits per heavy atom. The topological polar surface area (TPSA) is 22.0 Å². The molecule has 2 heteroatoms. The van der Waals surface area contributed by atoms with Crippen molar-refractivity contribution in [3.63, 3.8) is 0 Å². The van der Waals surface area contributed by atoms with Gasteiger partial charge in [-0.3, -0.25) is 4.79 Å². The Morgan fingerprint density at radius 1 is 0.952 bits per heavy atom. The number of rotatable bonds is 2. The molecule has 4 aromatic rings. The van der Waals surface area contributed by atoms with E-state index in [0.29, 0.717) is 0 Å². The molecular weight excluding hydrogens is 258 g/mol. The number of carbonyl (C=O) groups is 1. The number of carbonyl (C=O) groups excluding carboxylic acids is 1. The molecule has 1 aromatic heterocycles. The van der Waals surface area contributed by atoms with Gasteiger partial charge in [-0.15, -0.1) is 0 Å². The van der Waals surface area contributed by atoms with Crippen LogP contribution in [-0.2, 0) is 6.54 Å². The van der Waals surface area contributed by atoms with Crippen molar-refractivity contribution in [3.8, 4) is 0 Å². The van der Waals surface area contributed by atoms with Crippen molar-refractivity contribution in [1.29, 1.82) is 0 Å². The molecule has 102 valence electrons. The normalized spacial score (nSPS) is 11.5. The Balaban J connectivity index is 2.30. The lowest BCUT2D eigenvalue weighted by Gasteiger charge is -2.04. The van der Waals surface area contributed by atoms with Crippen LogP contribution in [0.3, 0.4) is 0 Å². The molecule has 1 heterocycles. The summed E-state index contributed by atoms with van der Waals surface area (Å²) >= 11 is 0. The first-order chi connectivity index (χ1) is 10.3. The summed E-state index contributed by atoms with van der Waals surface area (Å²) in [5.74, 6) is 0. The SMILES string of the molecule is CCn1c2cc(C=O)ccc2c2c3ccccc3ccc21. The second-order valence-corrected chi connectivity index (χ2v) is 5.32. The summed E-state index contributed by atoms with van der Waals surface area (Å²) in [6, 6.07) is 18.8. The molecule has 3 aromatic carbocycles. The van der Waals surface area contributed by atoms with Crippen LogP contribution in [0, 0.1) is 0 Å². The summed E-state index contributed by atoms with van der Waals surface area (Å²) in [4.78, 5) is 11.1. The van der Waals surface area contributed by atoms with Crippen LogP contribution in [0.25, 0.3) is 32.6 Å². The highest BCUT2D eigenvalue weighted by Crippen LogP contribution is 2.34. The highest BCUT2D eigenvalue weighted by atomic mass is 16.1. The van der Waals surface area contributed by atoms with Crippen molar-refractivity contribution in [3.05, 3.63) is 60.2 Å². The van der Waals surface area contributed by atoms with Gasteiger partial charge in [0, 0.05) is 33.9 Å². The Morgan fingerprint density at radius 2 is 1.81 bits per heavy atom. The van der Waals surface area contributed by atoms with Gasteiger partial charge in [0.1, 0.15) is 6.29 Å². The quantitative estimate of drug-likeness (QED) is 0.482. The summed E-state index contributed by atoms with van der Waals surface area (Å²) < 4.78 is 2.28. The fraction of sp³-hybridized carbons (Fsp3) is 0.105. The highest BCUT2D eigenvalue weighted by molar-refractivity contribution is 6.20. The van der Waals surface area contributed by atoms with Gasteiger partial charge in [0.05, 0.1) is 0 Å². The van der Waals surface area contributed by atoms with E-state index in [1.807, 2.05) is 12.1 Å². The third-order valence-corrected chi connectivity index (χ3v) is 4.23. The minimum absolute atomic E-state index is 0.726. The van der Waals surface area contributed by atoms with Gasteiger partial charge in [-0.2, -0.15) is 0 Å². The van der Waals surface area contributed by atoms with E-state index < -0.39 is 0 Å². The molecule has 0 saturated carbocycles. The minimum atomic E-state index is 0.726. The first kappa shape index (κ1) is 12.2. The summed E-state index contributed by atoms with van der Waals surface area (Å²) in [7, 11) is 0. The highest BCUT2D eigenvalue weighted by Gasteiger charge is 2.12. The maximum Gasteiger partial charge on any atom is 0.150 e. The van der Waals surface area contributed by atoms with E-state index in [1.165, 1.54) is 27.1 Å². The van der Waals surface area contributed by atoms with Crippen LogP contribution in [0.1, 0.15) is 17.3 Å². The maximum absolute atomic E-state index is 11.1. The van der Waals surface area contributed by atoms with E-state index >= 15 is 0 Å². The van der Waals surface area contributed by atoms with E-state index in [2.05, 4.69) is 54.0 Å². The molecule has 0 N–H and O–H groups in total. The molecule has 0 aliphatic heterocycles. The standard InChI is InChI=1S/C19H15NO/c1-2-20-17-10-8-14-5-3-4-6-15(14)19(17)16-9-7-13(12-21)11-18(16)20/h3-12H,2H2,1H3. The van der Waals surface area contributed by atoms with Gasteiger partial charge in [0.2, 0.25) is 0 Å². The van der Waals surface area contributed by atoms with Crippen molar-refractivity contribution >= 4 is 38.9 Å². The predicted octanol–water partition coefficient (Wildman–Crippen LogP) is 4.78. The third-order valence-electron chi connectivity index (χ3n) is 4.23. The van der Waals surface area contributed by atoms with E-state index in [-0.39, 0.29) is 0 Å². The fourth-order valence-corrected chi connectivity index (χ4v) is 3.30. The molecule has 0 aliphatic rings.